The number of methoxy groups -OCH3 is 2. The topological polar surface area (TPSA) is 59.6 Å². The number of anilines is 1. The summed E-state index contributed by atoms with van der Waals surface area (Å²) in [6.07, 6.45) is 3.80. The van der Waals surface area contributed by atoms with E-state index < -0.39 is 0 Å². The van der Waals surface area contributed by atoms with Crippen LogP contribution in [0.15, 0.2) is 12.1 Å². The quantitative estimate of drug-likeness (QED) is 0.843. The molecule has 0 aliphatic carbocycles. The van der Waals surface area contributed by atoms with E-state index >= 15 is 0 Å². The molecule has 0 spiro atoms. The molecule has 1 amide bonds. The van der Waals surface area contributed by atoms with Gasteiger partial charge in [0, 0.05) is 24.2 Å². The SMILES string of the molecule is COc1cc(C)c(NC(=O)CCC2CCCN2)cc1OC.Cl. The highest BCUT2D eigenvalue weighted by atomic mass is 35.5. The van der Waals surface area contributed by atoms with Gasteiger partial charge in [0.25, 0.3) is 0 Å². The molecule has 1 aliphatic heterocycles. The molecule has 0 saturated carbocycles. The molecule has 0 bridgehead atoms. The van der Waals surface area contributed by atoms with Crippen molar-refractivity contribution in [3.8, 4) is 11.5 Å². The molecule has 1 unspecified atom stereocenters. The van der Waals surface area contributed by atoms with Crippen LogP contribution in [-0.4, -0.2) is 32.7 Å². The largest absolute Gasteiger partial charge is 0.493 e. The highest BCUT2D eigenvalue weighted by Gasteiger charge is 2.16. The van der Waals surface area contributed by atoms with E-state index in [1.807, 2.05) is 13.0 Å². The van der Waals surface area contributed by atoms with E-state index in [0.29, 0.717) is 24.0 Å². The first-order chi connectivity index (χ1) is 10.1. The number of benzene rings is 1. The van der Waals surface area contributed by atoms with E-state index in [4.69, 9.17) is 9.47 Å². The molecule has 5 nitrogen and oxygen atoms in total. The third-order valence-electron chi connectivity index (χ3n) is 3.89. The fraction of sp³-hybridized carbons (Fsp3) is 0.562. The van der Waals surface area contributed by atoms with Crippen LogP contribution >= 0.6 is 12.4 Å². The van der Waals surface area contributed by atoms with E-state index in [9.17, 15) is 4.79 Å². The van der Waals surface area contributed by atoms with E-state index in [2.05, 4.69) is 10.6 Å². The Morgan fingerprint density at radius 1 is 1.32 bits per heavy atom. The zero-order valence-corrected chi connectivity index (χ0v) is 14.2. The molecule has 1 saturated heterocycles. The summed E-state index contributed by atoms with van der Waals surface area (Å²) < 4.78 is 10.5. The first kappa shape index (κ1) is 18.6. The molecule has 1 aliphatic rings. The van der Waals surface area contributed by atoms with Crippen molar-refractivity contribution >= 4 is 24.0 Å². The van der Waals surface area contributed by atoms with Crippen molar-refractivity contribution < 1.29 is 14.3 Å². The highest BCUT2D eigenvalue weighted by molar-refractivity contribution is 5.92. The summed E-state index contributed by atoms with van der Waals surface area (Å²) in [4.78, 5) is 12.1. The van der Waals surface area contributed by atoms with Gasteiger partial charge in [-0.15, -0.1) is 12.4 Å². The molecule has 1 atom stereocenters. The molecule has 124 valence electrons. The van der Waals surface area contributed by atoms with Gasteiger partial charge in [-0.2, -0.15) is 0 Å². The maximum atomic E-state index is 12.1. The Hall–Kier alpha value is -1.46. The predicted octanol–water partition coefficient (Wildman–Crippen LogP) is 2.90. The van der Waals surface area contributed by atoms with Gasteiger partial charge in [0.1, 0.15) is 0 Å². The highest BCUT2D eigenvalue weighted by Crippen LogP contribution is 2.33. The molecular formula is C16H25ClN2O3. The van der Waals surface area contributed by atoms with Crippen LogP contribution in [0.25, 0.3) is 0 Å². The lowest BCUT2D eigenvalue weighted by Gasteiger charge is -2.14. The van der Waals surface area contributed by atoms with Gasteiger partial charge in [-0.05, 0) is 44.4 Å². The minimum absolute atomic E-state index is 0. The normalized spacial score (nSPS) is 16.8. The van der Waals surface area contributed by atoms with Crippen LogP contribution < -0.4 is 20.1 Å². The van der Waals surface area contributed by atoms with Crippen LogP contribution in [0.5, 0.6) is 11.5 Å². The first-order valence-corrected chi connectivity index (χ1v) is 7.40. The summed E-state index contributed by atoms with van der Waals surface area (Å²) in [5.74, 6) is 1.33. The van der Waals surface area contributed by atoms with Gasteiger partial charge in [-0.3, -0.25) is 4.79 Å². The second-order valence-corrected chi connectivity index (χ2v) is 5.40. The van der Waals surface area contributed by atoms with Crippen LogP contribution in [0.1, 0.15) is 31.2 Å². The minimum Gasteiger partial charge on any atom is -0.493 e. The van der Waals surface area contributed by atoms with Gasteiger partial charge >= 0.3 is 0 Å². The van der Waals surface area contributed by atoms with Crippen LogP contribution in [0, 0.1) is 6.92 Å². The Bertz CT molecular complexity index is 502. The maximum absolute atomic E-state index is 12.1. The Balaban J connectivity index is 0.00000242. The molecule has 1 fully saturated rings. The van der Waals surface area contributed by atoms with Gasteiger partial charge in [-0.1, -0.05) is 0 Å². The van der Waals surface area contributed by atoms with Gasteiger partial charge < -0.3 is 20.1 Å². The van der Waals surface area contributed by atoms with E-state index in [-0.39, 0.29) is 18.3 Å². The van der Waals surface area contributed by atoms with Gasteiger partial charge in [-0.25, -0.2) is 0 Å². The number of ether oxygens (including phenoxy) is 2. The molecule has 1 aromatic carbocycles. The Kier molecular flexibility index (Phi) is 7.48. The summed E-state index contributed by atoms with van der Waals surface area (Å²) in [7, 11) is 3.19. The van der Waals surface area contributed by atoms with Crippen LogP contribution in [-0.2, 0) is 4.79 Å². The van der Waals surface area contributed by atoms with Crippen molar-refractivity contribution in [2.24, 2.45) is 0 Å². The summed E-state index contributed by atoms with van der Waals surface area (Å²) in [5.41, 5.74) is 1.73. The van der Waals surface area contributed by atoms with Crippen LogP contribution in [0.3, 0.4) is 0 Å². The predicted molar refractivity (Wildman–Crippen MR) is 90.4 cm³/mol. The molecule has 22 heavy (non-hydrogen) atoms. The number of hydrogen-bond donors (Lipinski definition) is 2. The minimum atomic E-state index is 0. The number of nitrogens with one attached hydrogen (secondary N) is 2. The molecule has 0 radical (unpaired) electrons. The summed E-state index contributed by atoms with van der Waals surface area (Å²) >= 11 is 0. The van der Waals surface area contributed by atoms with Gasteiger partial charge in [0.15, 0.2) is 11.5 Å². The van der Waals surface area contributed by atoms with Crippen molar-refractivity contribution in [3.05, 3.63) is 17.7 Å². The molecule has 0 aromatic heterocycles. The number of rotatable bonds is 6. The Morgan fingerprint density at radius 3 is 2.59 bits per heavy atom. The Morgan fingerprint density at radius 2 is 2.00 bits per heavy atom. The van der Waals surface area contributed by atoms with Gasteiger partial charge in [0.05, 0.1) is 14.2 Å². The fourth-order valence-electron chi connectivity index (χ4n) is 2.64. The van der Waals surface area contributed by atoms with Crippen molar-refractivity contribution in [3.63, 3.8) is 0 Å². The second-order valence-electron chi connectivity index (χ2n) is 5.40. The lowest BCUT2D eigenvalue weighted by Crippen LogP contribution is -2.23. The number of amides is 1. The van der Waals surface area contributed by atoms with Crippen LogP contribution in [0.4, 0.5) is 5.69 Å². The maximum Gasteiger partial charge on any atom is 0.224 e. The zero-order valence-electron chi connectivity index (χ0n) is 13.4. The molecular weight excluding hydrogens is 304 g/mol. The first-order valence-electron chi connectivity index (χ1n) is 7.40. The van der Waals surface area contributed by atoms with E-state index in [1.54, 1.807) is 20.3 Å². The average Bonchev–Trinajstić information content (AvgIpc) is 3.00. The number of halogens is 1. The second kappa shape index (κ2) is 8.86. The Labute approximate surface area is 138 Å². The lowest BCUT2D eigenvalue weighted by atomic mass is 10.1. The number of carbonyl (C=O) groups is 1. The molecule has 1 heterocycles. The molecule has 2 N–H and O–H groups in total. The monoisotopic (exact) mass is 328 g/mol. The van der Waals surface area contributed by atoms with Gasteiger partial charge in [0.2, 0.25) is 5.91 Å². The summed E-state index contributed by atoms with van der Waals surface area (Å²) in [5, 5.41) is 6.36. The fourth-order valence-corrected chi connectivity index (χ4v) is 2.64. The summed E-state index contributed by atoms with van der Waals surface area (Å²) in [6, 6.07) is 4.16. The number of hydrogen-bond acceptors (Lipinski definition) is 4. The van der Waals surface area contributed by atoms with E-state index in [1.165, 1.54) is 12.8 Å². The van der Waals surface area contributed by atoms with Crippen LogP contribution in [0.2, 0.25) is 0 Å². The standard InChI is InChI=1S/C16H24N2O3.ClH/c1-11-9-14(20-2)15(21-3)10-13(11)18-16(19)7-6-12-5-4-8-17-12;/h9-10,12,17H,4-8H2,1-3H3,(H,18,19);1H. The smallest absolute Gasteiger partial charge is 0.224 e. The lowest BCUT2D eigenvalue weighted by molar-refractivity contribution is -0.116. The van der Waals surface area contributed by atoms with Crippen molar-refractivity contribution in [2.45, 2.75) is 38.6 Å². The molecule has 2 rings (SSSR count). The van der Waals surface area contributed by atoms with Crippen molar-refractivity contribution in [1.29, 1.82) is 0 Å². The number of carbonyl (C=O) groups excluding carboxylic acids is 1. The van der Waals surface area contributed by atoms with Crippen molar-refractivity contribution in [2.75, 3.05) is 26.1 Å². The molecule has 6 heteroatoms. The third kappa shape index (κ3) is 4.78. The third-order valence-corrected chi connectivity index (χ3v) is 3.89. The summed E-state index contributed by atoms with van der Waals surface area (Å²) in [6.45, 7) is 3.01. The average molecular weight is 329 g/mol. The van der Waals surface area contributed by atoms with Crippen molar-refractivity contribution in [1.82, 2.24) is 5.32 Å². The van der Waals surface area contributed by atoms with E-state index in [0.717, 1.165) is 24.2 Å². The zero-order chi connectivity index (χ0) is 15.2. The number of aryl methyl sites for hydroxylation is 1. The molecule has 1 aromatic rings.